The van der Waals surface area contributed by atoms with Crippen molar-refractivity contribution in [1.29, 1.82) is 0 Å². The molecule has 0 saturated carbocycles. The Morgan fingerprint density at radius 1 is 1.21 bits per heavy atom. The van der Waals surface area contributed by atoms with Crippen LogP contribution in [0.15, 0.2) is 24.3 Å². The second-order valence-electron chi connectivity index (χ2n) is 5.04. The van der Waals surface area contributed by atoms with Crippen LogP contribution in [0.1, 0.15) is 26.3 Å². The van der Waals surface area contributed by atoms with Crippen LogP contribution in [-0.2, 0) is 16.0 Å². The third kappa shape index (κ3) is 5.87. The molecule has 0 bridgehead atoms. The van der Waals surface area contributed by atoms with Crippen molar-refractivity contribution in [3.05, 3.63) is 29.8 Å². The van der Waals surface area contributed by atoms with Gasteiger partial charge >= 0.3 is 6.09 Å². The number of anilines is 1. The van der Waals surface area contributed by atoms with E-state index in [-0.39, 0.29) is 6.42 Å². The molecule has 0 atom stereocenters. The maximum atomic E-state index is 11.5. The van der Waals surface area contributed by atoms with Crippen LogP contribution < -0.4 is 10.8 Å². The monoisotopic (exact) mass is 266 g/mol. The quantitative estimate of drug-likeness (QED) is 0.577. The van der Waals surface area contributed by atoms with E-state index in [4.69, 9.17) is 9.94 Å². The van der Waals surface area contributed by atoms with Crippen molar-refractivity contribution < 1.29 is 19.5 Å². The fourth-order valence-corrected chi connectivity index (χ4v) is 1.35. The van der Waals surface area contributed by atoms with Gasteiger partial charge in [-0.1, -0.05) is 12.1 Å². The smallest absolute Gasteiger partial charge is 0.412 e. The Kier molecular flexibility index (Phi) is 4.88. The van der Waals surface area contributed by atoms with E-state index in [1.54, 1.807) is 50.5 Å². The van der Waals surface area contributed by atoms with Crippen molar-refractivity contribution in [3.8, 4) is 0 Å². The second-order valence-corrected chi connectivity index (χ2v) is 5.04. The lowest BCUT2D eigenvalue weighted by atomic mass is 10.1. The Bertz CT molecular complexity index is 449. The predicted molar refractivity (Wildman–Crippen MR) is 69.9 cm³/mol. The largest absolute Gasteiger partial charge is 0.444 e. The van der Waals surface area contributed by atoms with Crippen LogP contribution in [0, 0.1) is 0 Å². The summed E-state index contributed by atoms with van der Waals surface area (Å²) in [5, 5.41) is 11.0. The van der Waals surface area contributed by atoms with Gasteiger partial charge in [-0.25, -0.2) is 10.3 Å². The molecular weight excluding hydrogens is 248 g/mol. The molecule has 0 saturated heterocycles. The van der Waals surface area contributed by atoms with Crippen molar-refractivity contribution in [2.45, 2.75) is 32.8 Å². The average molecular weight is 266 g/mol. The first-order valence-corrected chi connectivity index (χ1v) is 5.82. The Labute approximate surface area is 111 Å². The lowest BCUT2D eigenvalue weighted by molar-refractivity contribution is -0.128. The number of amides is 2. The van der Waals surface area contributed by atoms with Crippen LogP contribution in [-0.4, -0.2) is 22.8 Å². The molecule has 0 aliphatic heterocycles. The van der Waals surface area contributed by atoms with Crippen molar-refractivity contribution in [2.24, 2.45) is 0 Å². The van der Waals surface area contributed by atoms with Crippen molar-refractivity contribution in [2.75, 3.05) is 5.32 Å². The number of hydroxylamine groups is 1. The van der Waals surface area contributed by atoms with E-state index >= 15 is 0 Å². The molecule has 0 spiro atoms. The lowest BCUT2D eigenvalue weighted by Gasteiger charge is -2.19. The Morgan fingerprint density at radius 3 is 2.26 bits per heavy atom. The Hall–Kier alpha value is -2.08. The first kappa shape index (κ1) is 15.0. The zero-order valence-corrected chi connectivity index (χ0v) is 11.2. The summed E-state index contributed by atoms with van der Waals surface area (Å²) in [4.78, 5) is 22.5. The Balaban J connectivity index is 2.57. The van der Waals surface area contributed by atoms with Gasteiger partial charge in [0.25, 0.3) is 0 Å². The summed E-state index contributed by atoms with van der Waals surface area (Å²) < 4.78 is 5.11. The first-order chi connectivity index (χ1) is 8.80. The first-order valence-electron chi connectivity index (χ1n) is 5.82. The highest BCUT2D eigenvalue weighted by molar-refractivity contribution is 5.85. The maximum Gasteiger partial charge on any atom is 0.412 e. The Morgan fingerprint density at radius 2 is 1.79 bits per heavy atom. The molecule has 1 aromatic carbocycles. The van der Waals surface area contributed by atoms with E-state index in [1.165, 1.54) is 0 Å². The number of rotatable bonds is 3. The van der Waals surface area contributed by atoms with Crippen molar-refractivity contribution in [1.82, 2.24) is 5.48 Å². The topological polar surface area (TPSA) is 87.7 Å². The van der Waals surface area contributed by atoms with Gasteiger partial charge in [0.15, 0.2) is 0 Å². The lowest BCUT2D eigenvalue weighted by Crippen LogP contribution is -2.27. The summed E-state index contributed by atoms with van der Waals surface area (Å²) in [7, 11) is 0. The summed E-state index contributed by atoms with van der Waals surface area (Å²) in [5.74, 6) is -0.493. The van der Waals surface area contributed by atoms with Crippen molar-refractivity contribution in [3.63, 3.8) is 0 Å². The molecule has 0 fully saturated rings. The van der Waals surface area contributed by atoms with Gasteiger partial charge in [-0.15, -0.1) is 0 Å². The van der Waals surface area contributed by atoms with E-state index in [1.807, 2.05) is 0 Å². The fraction of sp³-hybridized carbons (Fsp3) is 0.385. The number of hydrogen-bond donors (Lipinski definition) is 3. The molecule has 0 radical (unpaired) electrons. The molecule has 1 aromatic rings. The summed E-state index contributed by atoms with van der Waals surface area (Å²) >= 11 is 0. The number of hydrogen-bond acceptors (Lipinski definition) is 4. The van der Waals surface area contributed by atoms with Gasteiger partial charge < -0.3 is 4.74 Å². The highest BCUT2D eigenvalue weighted by Crippen LogP contribution is 2.13. The van der Waals surface area contributed by atoms with E-state index in [0.29, 0.717) is 5.69 Å². The zero-order valence-electron chi connectivity index (χ0n) is 11.2. The number of nitrogens with one attached hydrogen (secondary N) is 2. The fourth-order valence-electron chi connectivity index (χ4n) is 1.35. The minimum atomic E-state index is -0.552. The van der Waals surface area contributed by atoms with Gasteiger partial charge in [0.1, 0.15) is 5.60 Å². The SMILES string of the molecule is CC(C)(C)OC(=O)Nc1ccc(CC(=O)NO)cc1. The van der Waals surface area contributed by atoms with Gasteiger partial charge in [-0.05, 0) is 38.5 Å². The molecule has 19 heavy (non-hydrogen) atoms. The number of carbonyl (C=O) groups excluding carboxylic acids is 2. The molecule has 0 aliphatic rings. The van der Waals surface area contributed by atoms with Gasteiger partial charge in [0.05, 0.1) is 6.42 Å². The number of ether oxygens (including phenoxy) is 1. The molecule has 0 heterocycles. The second kappa shape index (κ2) is 6.19. The maximum absolute atomic E-state index is 11.5. The van der Waals surface area contributed by atoms with Crippen LogP contribution in [0.25, 0.3) is 0 Å². The molecule has 1 rings (SSSR count). The van der Waals surface area contributed by atoms with E-state index in [0.717, 1.165) is 5.56 Å². The summed E-state index contributed by atoms with van der Waals surface area (Å²) in [5.41, 5.74) is 2.30. The third-order valence-electron chi connectivity index (χ3n) is 2.09. The van der Waals surface area contributed by atoms with Gasteiger partial charge in [-0.3, -0.25) is 15.3 Å². The van der Waals surface area contributed by atoms with E-state index in [9.17, 15) is 9.59 Å². The molecule has 2 amide bonds. The number of benzene rings is 1. The molecule has 104 valence electrons. The normalized spacial score (nSPS) is 10.7. The molecule has 3 N–H and O–H groups in total. The average Bonchev–Trinajstić information content (AvgIpc) is 2.29. The van der Waals surface area contributed by atoms with Crippen LogP contribution >= 0.6 is 0 Å². The summed E-state index contributed by atoms with van der Waals surface area (Å²) in [6.07, 6.45) is -0.461. The van der Waals surface area contributed by atoms with Crippen molar-refractivity contribution >= 4 is 17.7 Å². The molecular formula is C13H18N2O4. The molecule has 6 nitrogen and oxygen atoms in total. The van der Waals surface area contributed by atoms with Crippen LogP contribution in [0.2, 0.25) is 0 Å². The van der Waals surface area contributed by atoms with Crippen LogP contribution in [0.4, 0.5) is 10.5 Å². The minimum Gasteiger partial charge on any atom is -0.444 e. The molecule has 0 unspecified atom stereocenters. The van der Waals surface area contributed by atoms with Gasteiger partial charge in [0, 0.05) is 5.69 Å². The summed E-state index contributed by atoms with van der Waals surface area (Å²) in [6.45, 7) is 5.34. The van der Waals surface area contributed by atoms with Crippen LogP contribution in [0.3, 0.4) is 0 Å². The van der Waals surface area contributed by atoms with Crippen LogP contribution in [0.5, 0.6) is 0 Å². The van der Waals surface area contributed by atoms with Gasteiger partial charge in [-0.2, -0.15) is 0 Å². The minimum absolute atomic E-state index is 0.0726. The molecule has 0 aromatic heterocycles. The zero-order chi connectivity index (χ0) is 14.5. The third-order valence-corrected chi connectivity index (χ3v) is 2.09. The highest BCUT2D eigenvalue weighted by Gasteiger charge is 2.16. The van der Waals surface area contributed by atoms with Gasteiger partial charge in [0.2, 0.25) is 5.91 Å². The van der Waals surface area contributed by atoms with E-state index < -0.39 is 17.6 Å². The molecule has 0 aliphatic carbocycles. The predicted octanol–water partition coefficient (Wildman–Crippen LogP) is 2.08. The molecule has 6 heteroatoms. The standard InChI is InChI=1S/C13H18N2O4/c1-13(2,3)19-12(17)14-10-6-4-9(5-7-10)8-11(16)15-18/h4-7,18H,8H2,1-3H3,(H,14,17)(H,15,16). The number of carbonyl (C=O) groups is 2. The summed E-state index contributed by atoms with van der Waals surface area (Å²) in [6, 6.07) is 6.68. The highest BCUT2D eigenvalue weighted by atomic mass is 16.6. The van der Waals surface area contributed by atoms with E-state index in [2.05, 4.69) is 5.32 Å².